The van der Waals surface area contributed by atoms with E-state index in [-0.39, 0.29) is 12.1 Å². The summed E-state index contributed by atoms with van der Waals surface area (Å²) in [5, 5.41) is 17.6. The molecule has 7 heteroatoms. The highest BCUT2D eigenvalue weighted by molar-refractivity contribution is 5.66. The second-order valence-corrected chi connectivity index (χ2v) is 5.30. The Morgan fingerprint density at radius 2 is 2.10 bits per heavy atom. The summed E-state index contributed by atoms with van der Waals surface area (Å²) in [7, 11) is 0. The van der Waals surface area contributed by atoms with Gasteiger partial charge in [0.15, 0.2) is 0 Å². The van der Waals surface area contributed by atoms with Crippen molar-refractivity contribution in [2.75, 3.05) is 13.1 Å². The van der Waals surface area contributed by atoms with Crippen molar-refractivity contribution in [2.45, 2.75) is 18.8 Å². The zero-order valence-electron chi connectivity index (χ0n) is 11.2. The number of nitrogens with zero attached hydrogens (tertiary/aromatic N) is 4. The predicted octanol–water partition coefficient (Wildman–Crippen LogP) is 1.38. The molecule has 0 radical (unpaired) electrons. The molecule has 2 unspecified atom stereocenters. The molecule has 2 atom stereocenters. The number of aromatic nitrogens is 3. The van der Waals surface area contributed by atoms with Gasteiger partial charge < -0.3 is 14.7 Å². The van der Waals surface area contributed by atoms with E-state index in [1.165, 1.54) is 4.90 Å². The maximum Gasteiger partial charge on any atom is 0.407 e. The number of likely N-dealkylation sites (tertiary alicyclic amines) is 1. The van der Waals surface area contributed by atoms with Gasteiger partial charge in [-0.05, 0) is 0 Å². The Kier molecular flexibility index (Phi) is 2.68. The number of fused-ring (bicyclic) bond motifs is 3. The van der Waals surface area contributed by atoms with Gasteiger partial charge in [0, 0.05) is 12.1 Å². The van der Waals surface area contributed by atoms with Crippen LogP contribution in [0.5, 0.6) is 0 Å². The van der Waals surface area contributed by atoms with Crippen LogP contribution in [0.2, 0.25) is 0 Å². The molecule has 7 nitrogen and oxygen atoms in total. The van der Waals surface area contributed by atoms with E-state index in [2.05, 4.69) is 10.3 Å². The lowest BCUT2D eigenvalue weighted by molar-refractivity contribution is -0.00456. The van der Waals surface area contributed by atoms with Crippen LogP contribution in [0.25, 0.3) is 11.3 Å². The summed E-state index contributed by atoms with van der Waals surface area (Å²) in [4.78, 5) is 12.5. The molecule has 4 rings (SSSR count). The molecule has 2 aromatic rings. The molecule has 0 aliphatic carbocycles. The summed E-state index contributed by atoms with van der Waals surface area (Å²) in [6, 6.07) is 9.73. The van der Waals surface area contributed by atoms with E-state index in [4.69, 9.17) is 9.84 Å². The fourth-order valence-corrected chi connectivity index (χ4v) is 3.03. The summed E-state index contributed by atoms with van der Waals surface area (Å²) in [5.74, 6) is 0. The van der Waals surface area contributed by atoms with Gasteiger partial charge in [0.2, 0.25) is 0 Å². The fraction of sp³-hybridized carbons (Fsp3) is 0.357. The third-order valence-electron chi connectivity index (χ3n) is 4.09. The van der Waals surface area contributed by atoms with Gasteiger partial charge in [-0.3, -0.25) is 0 Å². The number of benzene rings is 1. The molecule has 21 heavy (non-hydrogen) atoms. The van der Waals surface area contributed by atoms with Crippen LogP contribution in [0.15, 0.2) is 30.3 Å². The average molecular weight is 286 g/mol. The Bertz CT molecular complexity index is 685. The molecule has 1 aromatic carbocycles. The largest absolute Gasteiger partial charge is 0.465 e. The Morgan fingerprint density at radius 1 is 1.29 bits per heavy atom. The van der Waals surface area contributed by atoms with Crippen LogP contribution in [-0.4, -0.2) is 50.3 Å². The van der Waals surface area contributed by atoms with E-state index in [0.717, 1.165) is 17.0 Å². The minimum absolute atomic E-state index is 0.0881. The highest BCUT2D eigenvalue weighted by Crippen LogP contribution is 2.34. The molecule has 2 aliphatic rings. The molecular formula is C14H14N4O3. The highest BCUT2D eigenvalue weighted by Gasteiger charge is 2.42. The highest BCUT2D eigenvalue weighted by atomic mass is 16.5. The lowest BCUT2D eigenvalue weighted by atomic mass is 10.1. The standard InChI is InChI=1S/C14H14N4O3/c19-14(20)17-6-10-12(7-17)21-8-11-13(15-16-18(10)11)9-4-2-1-3-5-9/h1-5,10,12H,6-8H2,(H,19,20). The molecule has 1 N–H and O–H groups in total. The SMILES string of the molecule is O=C(O)N1CC2OCc3c(-c4ccccc4)nnn3C2C1. The summed E-state index contributed by atoms with van der Waals surface area (Å²) < 4.78 is 7.66. The topological polar surface area (TPSA) is 80.5 Å². The minimum atomic E-state index is -0.919. The lowest BCUT2D eigenvalue weighted by Gasteiger charge is -2.26. The third kappa shape index (κ3) is 1.89. The molecule has 0 spiro atoms. The van der Waals surface area contributed by atoms with Crippen molar-refractivity contribution in [2.24, 2.45) is 0 Å². The predicted molar refractivity (Wildman–Crippen MR) is 72.7 cm³/mol. The van der Waals surface area contributed by atoms with Gasteiger partial charge in [0.25, 0.3) is 0 Å². The van der Waals surface area contributed by atoms with Gasteiger partial charge in [0.05, 0.1) is 31.0 Å². The van der Waals surface area contributed by atoms with Gasteiger partial charge in [-0.1, -0.05) is 35.5 Å². The molecule has 1 amide bonds. The Labute approximate surface area is 120 Å². The number of rotatable bonds is 1. The molecule has 1 fully saturated rings. The van der Waals surface area contributed by atoms with Crippen molar-refractivity contribution in [3.05, 3.63) is 36.0 Å². The van der Waals surface area contributed by atoms with Crippen LogP contribution in [0.1, 0.15) is 11.7 Å². The molecular weight excluding hydrogens is 272 g/mol. The van der Waals surface area contributed by atoms with Crippen LogP contribution >= 0.6 is 0 Å². The van der Waals surface area contributed by atoms with Crippen molar-refractivity contribution in [1.82, 2.24) is 19.9 Å². The Morgan fingerprint density at radius 3 is 2.86 bits per heavy atom. The van der Waals surface area contributed by atoms with Gasteiger partial charge >= 0.3 is 6.09 Å². The molecule has 1 aromatic heterocycles. The van der Waals surface area contributed by atoms with Crippen LogP contribution in [0.3, 0.4) is 0 Å². The number of amides is 1. The number of carbonyl (C=O) groups is 1. The Hall–Kier alpha value is -2.41. The fourth-order valence-electron chi connectivity index (χ4n) is 3.03. The summed E-state index contributed by atoms with van der Waals surface area (Å²) in [6.45, 7) is 1.19. The van der Waals surface area contributed by atoms with Gasteiger partial charge in [0.1, 0.15) is 5.69 Å². The lowest BCUT2D eigenvalue weighted by Crippen LogP contribution is -2.32. The maximum atomic E-state index is 11.1. The van der Waals surface area contributed by atoms with E-state index in [9.17, 15) is 4.79 Å². The molecule has 0 saturated carbocycles. The quantitative estimate of drug-likeness (QED) is 0.856. The average Bonchev–Trinajstić information content (AvgIpc) is 3.11. The number of hydrogen-bond acceptors (Lipinski definition) is 4. The third-order valence-corrected chi connectivity index (χ3v) is 4.09. The van der Waals surface area contributed by atoms with Crippen LogP contribution in [-0.2, 0) is 11.3 Å². The first-order valence-corrected chi connectivity index (χ1v) is 6.83. The Balaban J connectivity index is 1.71. The maximum absolute atomic E-state index is 11.1. The van der Waals surface area contributed by atoms with Crippen molar-refractivity contribution >= 4 is 6.09 Å². The van der Waals surface area contributed by atoms with Gasteiger partial charge in [-0.25, -0.2) is 9.48 Å². The summed E-state index contributed by atoms with van der Waals surface area (Å²) in [5.41, 5.74) is 2.71. The first kappa shape index (κ1) is 12.3. The normalized spacial score (nSPS) is 23.7. The van der Waals surface area contributed by atoms with E-state index in [1.807, 2.05) is 35.0 Å². The molecule has 108 valence electrons. The zero-order chi connectivity index (χ0) is 14.4. The first-order chi connectivity index (χ1) is 10.2. The van der Waals surface area contributed by atoms with Crippen LogP contribution in [0, 0.1) is 0 Å². The van der Waals surface area contributed by atoms with E-state index < -0.39 is 6.09 Å². The molecule has 3 heterocycles. The second kappa shape index (κ2) is 4.56. The van der Waals surface area contributed by atoms with Crippen molar-refractivity contribution < 1.29 is 14.6 Å². The number of carboxylic acid groups (broad SMARTS) is 1. The van der Waals surface area contributed by atoms with E-state index in [1.54, 1.807) is 0 Å². The monoisotopic (exact) mass is 286 g/mol. The van der Waals surface area contributed by atoms with Crippen LogP contribution in [0.4, 0.5) is 4.79 Å². The van der Waals surface area contributed by atoms with E-state index >= 15 is 0 Å². The summed E-state index contributed by atoms with van der Waals surface area (Å²) in [6.07, 6.45) is -1.06. The molecule has 1 saturated heterocycles. The molecule has 0 bridgehead atoms. The van der Waals surface area contributed by atoms with Crippen molar-refractivity contribution in [1.29, 1.82) is 0 Å². The van der Waals surface area contributed by atoms with E-state index in [0.29, 0.717) is 19.7 Å². The van der Waals surface area contributed by atoms with Gasteiger partial charge in [-0.15, -0.1) is 5.10 Å². The minimum Gasteiger partial charge on any atom is -0.465 e. The molecule has 2 aliphatic heterocycles. The number of hydrogen-bond donors (Lipinski definition) is 1. The first-order valence-electron chi connectivity index (χ1n) is 6.83. The number of ether oxygens (including phenoxy) is 1. The zero-order valence-corrected chi connectivity index (χ0v) is 11.2. The van der Waals surface area contributed by atoms with Crippen molar-refractivity contribution in [3.8, 4) is 11.3 Å². The van der Waals surface area contributed by atoms with Crippen molar-refractivity contribution in [3.63, 3.8) is 0 Å². The second-order valence-electron chi connectivity index (χ2n) is 5.30. The van der Waals surface area contributed by atoms with Gasteiger partial charge in [-0.2, -0.15) is 0 Å². The smallest absolute Gasteiger partial charge is 0.407 e. The van der Waals surface area contributed by atoms with Crippen LogP contribution < -0.4 is 0 Å². The summed E-state index contributed by atoms with van der Waals surface area (Å²) >= 11 is 0.